The van der Waals surface area contributed by atoms with E-state index in [0.717, 1.165) is 4.90 Å². The third-order valence-electron chi connectivity index (χ3n) is 2.94. The van der Waals surface area contributed by atoms with Crippen molar-refractivity contribution in [2.45, 2.75) is 19.8 Å². The smallest absolute Gasteiger partial charge is 0.261 e. The molecule has 1 heterocycles. The van der Waals surface area contributed by atoms with Gasteiger partial charge < -0.3 is 0 Å². The minimum Gasteiger partial charge on any atom is -0.300 e. The lowest BCUT2D eigenvalue weighted by molar-refractivity contribution is -0.125. The SMILES string of the molecule is CC(=O)CC(=O)CCN1C(=O)c2ccccc2C1=O. The minimum absolute atomic E-state index is 0.0189. The van der Waals surface area contributed by atoms with Crippen molar-refractivity contribution in [3.63, 3.8) is 0 Å². The molecular formula is C14H13NO4. The number of carbonyl (C=O) groups excluding carboxylic acids is 4. The summed E-state index contributed by atoms with van der Waals surface area (Å²) in [5.41, 5.74) is 0.734. The molecule has 1 aromatic rings. The molecule has 0 radical (unpaired) electrons. The van der Waals surface area contributed by atoms with Gasteiger partial charge in [0.25, 0.3) is 11.8 Å². The molecule has 1 aliphatic heterocycles. The Morgan fingerprint density at radius 1 is 1.05 bits per heavy atom. The lowest BCUT2D eigenvalue weighted by atomic mass is 10.1. The van der Waals surface area contributed by atoms with Gasteiger partial charge in [0.05, 0.1) is 17.5 Å². The van der Waals surface area contributed by atoms with Crippen molar-refractivity contribution in [1.82, 2.24) is 4.90 Å². The van der Waals surface area contributed by atoms with E-state index >= 15 is 0 Å². The third-order valence-corrected chi connectivity index (χ3v) is 2.94. The molecule has 0 aromatic heterocycles. The van der Waals surface area contributed by atoms with E-state index in [0.29, 0.717) is 11.1 Å². The Hall–Kier alpha value is -2.30. The van der Waals surface area contributed by atoms with Crippen LogP contribution >= 0.6 is 0 Å². The van der Waals surface area contributed by atoms with Gasteiger partial charge in [0.1, 0.15) is 11.6 Å². The van der Waals surface area contributed by atoms with Gasteiger partial charge in [-0.1, -0.05) is 12.1 Å². The maximum absolute atomic E-state index is 12.0. The van der Waals surface area contributed by atoms with Gasteiger partial charge in [0.15, 0.2) is 0 Å². The highest BCUT2D eigenvalue weighted by Gasteiger charge is 2.34. The number of rotatable bonds is 5. The highest BCUT2D eigenvalue weighted by molar-refractivity contribution is 6.21. The first-order chi connectivity index (χ1) is 9.00. The van der Waals surface area contributed by atoms with Crippen LogP contribution in [0.1, 0.15) is 40.5 Å². The summed E-state index contributed by atoms with van der Waals surface area (Å²) in [6, 6.07) is 6.56. The largest absolute Gasteiger partial charge is 0.300 e. The Labute approximate surface area is 110 Å². The fourth-order valence-corrected chi connectivity index (χ4v) is 2.04. The van der Waals surface area contributed by atoms with E-state index in [-0.39, 0.29) is 42.8 Å². The number of nitrogens with zero attached hydrogens (tertiary/aromatic N) is 1. The Bertz CT molecular complexity index is 542. The number of carbonyl (C=O) groups is 4. The van der Waals surface area contributed by atoms with Gasteiger partial charge in [-0.2, -0.15) is 0 Å². The molecule has 5 heteroatoms. The van der Waals surface area contributed by atoms with Gasteiger partial charge in [0.2, 0.25) is 0 Å². The number of Topliss-reactive ketones (excluding diaryl/α,β-unsaturated/α-hetero) is 2. The predicted molar refractivity (Wildman–Crippen MR) is 66.7 cm³/mol. The van der Waals surface area contributed by atoms with Crippen LogP contribution in [0.5, 0.6) is 0 Å². The lowest BCUT2D eigenvalue weighted by Crippen LogP contribution is -2.32. The quantitative estimate of drug-likeness (QED) is 0.588. The van der Waals surface area contributed by atoms with E-state index in [9.17, 15) is 19.2 Å². The zero-order valence-corrected chi connectivity index (χ0v) is 10.5. The van der Waals surface area contributed by atoms with E-state index in [1.807, 2.05) is 0 Å². The first kappa shape index (κ1) is 13.1. The highest BCUT2D eigenvalue weighted by Crippen LogP contribution is 2.22. The fraction of sp³-hybridized carbons (Fsp3) is 0.286. The Kier molecular flexibility index (Phi) is 3.55. The lowest BCUT2D eigenvalue weighted by Gasteiger charge is -2.12. The molecule has 0 aliphatic carbocycles. The predicted octanol–water partition coefficient (Wildman–Crippen LogP) is 1.22. The molecule has 2 amide bonds. The Morgan fingerprint density at radius 3 is 2.05 bits per heavy atom. The van der Waals surface area contributed by atoms with Crippen molar-refractivity contribution < 1.29 is 19.2 Å². The van der Waals surface area contributed by atoms with Crippen LogP contribution in [-0.4, -0.2) is 34.8 Å². The summed E-state index contributed by atoms with van der Waals surface area (Å²) in [7, 11) is 0. The standard InChI is InChI=1S/C14H13NO4/c1-9(16)8-10(17)6-7-15-13(18)11-4-2-3-5-12(11)14(15)19/h2-5H,6-8H2,1H3. The Morgan fingerprint density at radius 2 is 1.58 bits per heavy atom. The molecule has 1 aliphatic rings. The monoisotopic (exact) mass is 259 g/mol. The molecule has 1 aromatic carbocycles. The topological polar surface area (TPSA) is 71.5 Å². The van der Waals surface area contributed by atoms with Crippen molar-refractivity contribution >= 4 is 23.4 Å². The van der Waals surface area contributed by atoms with E-state index < -0.39 is 0 Å². The van der Waals surface area contributed by atoms with Gasteiger partial charge in [-0.25, -0.2) is 0 Å². The molecule has 0 bridgehead atoms. The molecule has 0 saturated carbocycles. The number of hydrogen-bond acceptors (Lipinski definition) is 4. The molecule has 0 saturated heterocycles. The first-order valence-electron chi connectivity index (χ1n) is 5.97. The van der Waals surface area contributed by atoms with Gasteiger partial charge in [-0.3, -0.25) is 24.1 Å². The number of fused-ring (bicyclic) bond motifs is 1. The maximum Gasteiger partial charge on any atom is 0.261 e. The van der Waals surface area contributed by atoms with Crippen LogP contribution in [-0.2, 0) is 9.59 Å². The maximum atomic E-state index is 12.0. The van der Waals surface area contributed by atoms with E-state index in [1.54, 1.807) is 24.3 Å². The van der Waals surface area contributed by atoms with Gasteiger partial charge in [-0.05, 0) is 19.1 Å². The van der Waals surface area contributed by atoms with Crippen molar-refractivity contribution in [2.75, 3.05) is 6.54 Å². The molecule has 19 heavy (non-hydrogen) atoms. The second-order valence-corrected chi connectivity index (χ2v) is 4.47. The average molecular weight is 259 g/mol. The molecule has 0 N–H and O–H groups in total. The van der Waals surface area contributed by atoms with Crippen LogP contribution in [0.3, 0.4) is 0 Å². The fourth-order valence-electron chi connectivity index (χ4n) is 2.04. The number of ketones is 2. The molecule has 0 fully saturated rings. The number of amides is 2. The summed E-state index contributed by atoms with van der Waals surface area (Å²) in [4.78, 5) is 47.2. The molecule has 2 rings (SSSR count). The molecule has 98 valence electrons. The van der Waals surface area contributed by atoms with Crippen molar-refractivity contribution in [2.24, 2.45) is 0 Å². The second kappa shape index (κ2) is 5.14. The zero-order valence-electron chi connectivity index (χ0n) is 10.5. The van der Waals surface area contributed by atoms with Crippen LogP contribution in [0, 0.1) is 0 Å². The molecule has 0 atom stereocenters. The van der Waals surface area contributed by atoms with Crippen LogP contribution in [0.4, 0.5) is 0 Å². The van der Waals surface area contributed by atoms with E-state index in [1.165, 1.54) is 6.92 Å². The van der Waals surface area contributed by atoms with Crippen LogP contribution < -0.4 is 0 Å². The molecule has 5 nitrogen and oxygen atoms in total. The van der Waals surface area contributed by atoms with Crippen molar-refractivity contribution in [3.8, 4) is 0 Å². The average Bonchev–Trinajstić information content (AvgIpc) is 2.60. The van der Waals surface area contributed by atoms with Crippen molar-refractivity contribution in [1.29, 1.82) is 0 Å². The summed E-state index contributed by atoms with van der Waals surface area (Å²) < 4.78 is 0. The summed E-state index contributed by atoms with van der Waals surface area (Å²) in [5.74, 6) is -1.23. The van der Waals surface area contributed by atoms with E-state index in [4.69, 9.17) is 0 Å². The number of imide groups is 1. The van der Waals surface area contributed by atoms with Crippen LogP contribution in [0.15, 0.2) is 24.3 Å². The van der Waals surface area contributed by atoms with Gasteiger partial charge in [0, 0.05) is 13.0 Å². The molecular weight excluding hydrogens is 246 g/mol. The van der Waals surface area contributed by atoms with Crippen LogP contribution in [0.25, 0.3) is 0 Å². The molecule has 0 unspecified atom stereocenters. The van der Waals surface area contributed by atoms with Crippen molar-refractivity contribution in [3.05, 3.63) is 35.4 Å². The molecule has 0 spiro atoms. The van der Waals surface area contributed by atoms with Gasteiger partial charge >= 0.3 is 0 Å². The highest BCUT2D eigenvalue weighted by atomic mass is 16.2. The summed E-state index contributed by atoms with van der Waals surface area (Å²) in [6.07, 6.45) is -0.131. The normalized spacial score (nSPS) is 13.6. The summed E-state index contributed by atoms with van der Waals surface area (Å²) in [6.45, 7) is 1.36. The zero-order chi connectivity index (χ0) is 14.0. The van der Waals surface area contributed by atoms with E-state index in [2.05, 4.69) is 0 Å². The first-order valence-corrected chi connectivity index (χ1v) is 5.97. The minimum atomic E-state index is -0.378. The Balaban J connectivity index is 2.05. The second-order valence-electron chi connectivity index (χ2n) is 4.47. The summed E-state index contributed by atoms with van der Waals surface area (Å²) in [5, 5.41) is 0. The summed E-state index contributed by atoms with van der Waals surface area (Å²) >= 11 is 0. The number of benzene rings is 1. The van der Waals surface area contributed by atoms with Gasteiger partial charge in [-0.15, -0.1) is 0 Å². The third kappa shape index (κ3) is 2.59. The number of hydrogen-bond donors (Lipinski definition) is 0. The van der Waals surface area contributed by atoms with Crippen LogP contribution in [0.2, 0.25) is 0 Å².